The lowest BCUT2D eigenvalue weighted by molar-refractivity contribution is -0.143. The van der Waals surface area contributed by atoms with Gasteiger partial charge in [0, 0.05) is 31.8 Å². The summed E-state index contributed by atoms with van der Waals surface area (Å²) in [6, 6.07) is 17.3. The summed E-state index contributed by atoms with van der Waals surface area (Å²) in [7, 11) is 1.87. The van der Waals surface area contributed by atoms with E-state index in [0.29, 0.717) is 30.9 Å². The van der Waals surface area contributed by atoms with Gasteiger partial charge in [-0.15, -0.1) is 0 Å². The molecule has 2 aromatic carbocycles. The molecule has 8 heteroatoms. The summed E-state index contributed by atoms with van der Waals surface area (Å²) < 4.78 is 9.88. The van der Waals surface area contributed by atoms with Gasteiger partial charge in [-0.3, -0.25) is 9.48 Å². The lowest BCUT2D eigenvalue weighted by Crippen LogP contribution is -2.27. The molecule has 1 saturated carbocycles. The van der Waals surface area contributed by atoms with E-state index in [-0.39, 0.29) is 5.92 Å². The predicted molar refractivity (Wildman–Crippen MR) is 130 cm³/mol. The van der Waals surface area contributed by atoms with E-state index in [1.165, 1.54) is 0 Å². The molecule has 1 N–H and O–H groups in total. The normalized spacial score (nSPS) is 17.8. The number of carboxylic acid groups (broad SMARTS) is 1. The number of benzene rings is 2. The fourth-order valence-corrected chi connectivity index (χ4v) is 4.96. The Bertz CT molecular complexity index is 1400. The zero-order valence-electron chi connectivity index (χ0n) is 19.6. The summed E-state index contributed by atoms with van der Waals surface area (Å²) in [5.41, 5.74) is 4.18. The third-order valence-electron chi connectivity index (χ3n) is 6.74. The van der Waals surface area contributed by atoms with E-state index in [4.69, 9.17) is 15.0 Å². The van der Waals surface area contributed by atoms with Gasteiger partial charge in [-0.2, -0.15) is 10.4 Å². The Morgan fingerprint density at radius 2 is 1.97 bits per heavy atom. The largest absolute Gasteiger partial charge is 0.487 e. The quantitative estimate of drug-likeness (QED) is 0.423. The fourth-order valence-electron chi connectivity index (χ4n) is 4.96. The maximum absolute atomic E-state index is 12.1. The van der Waals surface area contributed by atoms with Crippen molar-refractivity contribution >= 4 is 17.0 Å². The fraction of sp³-hybridized carbons (Fsp3) is 0.333. The Labute approximate surface area is 203 Å². The van der Waals surface area contributed by atoms with Gasteiger partial charge in [0.2, 0.25) is 0 Å². The number of nitriles is 1. The van der Waals surface area contributed by atoms with E-state index in [0.717, 1.165) is 47.4 Å². The molecule has 1 aliphatic carbocycles. The first-order valence-corrected chi connectivity index (χ1v) is 11.8. The first-order valence-electron chi connectivity index (χ1n) is 11.8. The molecule has 0 spiro atoms. The van der Waals surface area contributed by atoms with Crippen LogP contribution in [-0.2, 0) is 25.0 Å². The van der Waals surface area contributed by atoms with Crippen LogP contribution in [0.1, 0.15) is 54.2 Å². The Balaban J connectivity index is 1.54. The summed E-state index contributed by atoms with van der Waals surface area (Å²) >= 11 is 0. The van der Waals surface area contributed by atoms with Crippen molar-refractivity contribution < 1.29 is 14.6 Å². The molecule has 0 bridgehead atoms. The van der Waals surface area contributed by atoms with Gasteiger partial charge in [0.1, 0.15) is 18.2 Å². The minimum atomic E-state index is -0.758. The molecule has 5 rings (SSSR count). The van der Waals surface area contributed by atoms with Crippen molar-refractivity contribution in [3.8, 4) is 11.8 Å². The summed E-state index contributed by atoms with van der Waals surface area (Å²) in [4.78, 5) is 17.0. The van der Waals surface area contributed by atoms with E-state index in [1.807, 2.05) is 49.6 Å². The molecule has 2 heterocycles. The lowest BCUT2D eigenvalue weighted by Gasteiger charge is -2.28. The van der Waals surface area contributed by atoms with Crippen molar-refractivity contribution in [2.45, 2.75) is 44.8 Å². The van der Waals surface area contributed by atoms with Crippen LogP contribution in [0.15, 0.2) is 54.7 Å². The number of carboxylic acids is 1. The Morgan fingerprint density at radius 3 is 2.69 bits per heavy atom. The SMILES string of the molecule is Cn1ccc(COc2ccc3nc([C@@H]4CCCC[C@@H]4C(=O)O)n(Cc4ccc(C#N)cc4)c3c2)n1. The van der Waals surface area contributed by atoms with Gasteiger partial charge in [-0.25, -0.2) is 4.98 Å². The first-order chi connectivity index (χ1) is 17.0. The second-order valence-electron chi connectivity index (χ2n) is 9.12. The third kappa shape index (κ3) is 4.76. The molecule has 0 saturated heterocycles. The minimum Gasteiger partial charge on any atom is -0.487 e. The number of imidazole rings is 1. The molecule has 0 radical (unpaired) electrons. The van der Waals surface area contributed by atoms with E-state index in [1.54, 1.807) is 16.8 Å². The Kier molecular flexibility index (Phi) is 6.23. The topological polar surface area (TPSA) is 106 Å². The van der Waals surface area contributed by atoms with Gasteiger partial charge < -0.3 is 14.4 Å². The highest BCUT2D eigenvalue weighted by Crippen LogP contribution is 2.39. The standard InChI is InChI=1S/C27H27N5O3/c1-31-13-12-20(30-31)17-35-21-10-11-24-25(14-21)32(16-19-8-6-18(15-28)7-9-19)26(29-24)22-4-2-3-5-23(22)27(33)34/h6-14,22-23H,2-5,16-17H2,1H3,(H,33,34)/t22-,23+/m1/s1. The molecule has 8 nitrogen and oxygen atoms in total. The average Bonchev–Trinajstić information content (AvgIpc) is 3.46. The van der Waals surface area contributed by atoms with E-state index in [9.17, 15) is 9.90 Å². The molecule has 178 valence electrons. The molecule has 0 unspecified atom stereocenters. The molecule has 35 heavy (non-hydrogen) atoms. The number of hydrogen-bond acceptors (Lipinski definition) is 5. The summed E-state index contributed by atoms with van der Waals surface area (Å²) in [5.74, 6) is 0.156. The highest BCUT2D eigenvalue weighted by molar-refractivity contribution is 5.79. The second-order valence-corrected chi connectivity index (χ2v) is 9.12. The van der Waals surface area contributed by atoms with Gasteiger partial charge in [0.15, 0.2) is 0 Å². The molecular weight excluding hydrogens is 442 g/mol. The Hall–Kier alpha value is -4.12. The van der Waals surface area contributed by atoms with Gasteiger partial charge in [0.05, 0.1) is 34.3 Å². The summed E-state index contributed by atoms with van der Waals surface area (Å²) in [5, 5.41) is 23.4. The molecule has 0 amide bonds. The molecule has 0 aliphatic heterocycles. The lowest BCUT2D eigenvalue weighted by atomic mass is 9.78. The van der Waals surface area contributed by atoms with Crippen molar-refractivity contribution in [2.24, 2.45) is 13.0 Å². The van der Waals surface area contributed by atoms with Crippen molar-refractivity contribution in [3.05, 3.63) is 77.4 Å². The number of aromatic nitrogens is 4. The minimum absolute atomic E-state index is 0.148. The van der Waals surface area contributed by atoms with Crippen LogP contribution in [-0.4, -0.2) is 30.4 Å². The van der Waals surface area contributed by atoms with Gasteiger partial charge in [-0.05, 0) is 48.7 Å². The number of fused-ring (bicyclic) bond motifs is 1. The van der Waals surface area contributed by atoms with Crippen molar-refractivity contribution in [1.82, 2.24) is 19.3 Å². The smallest absolute Gasteiger partial charge is 0.307 e. The maximum atomic E-state index is 12.1. The summed E-state index contributed by atoms with van der Waals surface area (Å²) in [6.07, 6.45) is 5.26. The van der Waals surface area contributed by atoms with Gasteiger partial charge >= 0.3 is 5.97 Å². The number of hydrogen-bond donors (Lipinski definition) is 1. The highest BCUT2D eigenvalue weighted by atomic mass is 16.5. The van der Waals surface area contributed by atoms with Crippen molar-refractivity contribution in [2.75, 3.05) is 0 Å². The maximum Gasteiger partial charge on any atom is 0.307 e. The zero-order chi connectivity index (χ0) is 24.4. The van der Waals surface area contributed by atoms with Crippen molar-refractivity contribution in [1.29, 1.82) is 5.26 Å². The second kappa shape index (κ2) is 9.63. The molecule has 1 aliphatic rings. The van der Waals surface area contributed by atoms with Gasteiger partial charge in [-0.1, -0.05) is 25.0 Å². The van der Waals surface area contributed by atoms with Gasteiger partial charge in [0.25, 0.3) is 0 Å². The van der Waals surface area contributed by atoms with Crippen LogP contribution in [0.3, 0.4) is 0 Å². The Morgan fingerprint density at radius 1 is 1.17 bits per heavy atom. The van der Waals surface area contributed by atoms with Crippen LogP contribution in [0.4, 0.5) is 0 Å². The first kappa shape index (κ1) is 22.7. The van der Waals surface area contributed by atoms with E-state index in [2.05, 4.69) is 15.7 Å². The van der Waals surface area contributed by atoms with E-state index >= 15 is 0 Å². The number of carbonyl (C=O) groups is 1. The zero-order valence-corrected chi connectivity index (χ0v) is 19.6. The van der Waals surface area contributed by atoms with Crippen LogP contribution in [0.2, 0.25) is 0 Å². The molecular formula is C27H27N5O3. The number of ether oxygens (including phenoxy) is 1. The van der Waals surface area contributed by atoms with Crippen LogP contribution < -0.4 is 4.74 Å². The van der Waals surface area contributed by atoms with Crippen LogP contribution >= 0.6 is 0 Å². The van der Waals surface area contributed by atoms with Crippen molar-refractivity contribution in [3.63, 3.8) is 0 Å². The number of aliphatic carboxylic acids is 1. The molecule has 2 atom stereocenters. The number of aryl methyl sites for hydroxylation is 1. The molecule has 2 aromatic heterocycles. The summed E-state index contributed by atoms with van der Waals surface area (Å²) in [6.45, 7) is 0.886. The molecule has 4 aromatic rings. The number of rotatable bonds is 7. The highest BCUT2D eigenvalue weighted by Gasteiger charge is 2.35. The monoisotopic (exact) mass is 469 g/mol. The van der Waals surface area contributed by atoms with E-state index < -0.39 is 11.9 Å². The van der Waals surface area contributed by atoms with Crippen LogP contribution in [0.25, 0.3) is 11.0 Å². The predicted octanol–water partition coefficient (Wildman–Crippen LogP) is 4.63. The number of nitrogens with zero attached hydrogens (tertiary/aromatic N) is 5. The van der Waals surface area contributed by atoms with Crippen LogP contribution in [0.5, 0.6) is 5.75 Å². The average molecular weight is 470 g/mol. The van der Waals surface area contributed by atoms with Crippen LogP contribution in [0, 0.1) is 17.2 Å². The molecule has 1 fully saturated rings. The third-order valence-corrected chi connectivity index (χ3v) is 6.74.